The summed E-state index contributed by atoms with van der Waals surface area (Å²) in [7, 11) is 0. The van der Waals surface area contributed by atoms with Gasteiger partial charge in [0.25, 0.3) is 0 Å². The van der Waals surface area contributed by atoms with E-state index in [-0.39, 0.29) is 6.10 Å². The molecule has 0 amide bonds. The van der Waals surface area contributed by atoms with Gasteiger partial charge in [-0.15, -0.1) is 0 Å². The zero-order chi connectivity index (χ0) is 8.43. The number of hydrogen-bond acceptors (Lipinski definition) is 1. The molecule has 1 rings (SSSR count). The summed E-state index contributed by atoms with van der Waals surface area (Å²) in [6, 6.07) is 0. The first-order valence-corrected chi connectivity index (χ1v) is 4.16. The van der Waals surface area contributed by atoms with Gasteiger partial charge in [0, 0.05) is 0 Å². The highest BCUT2D eigenvalue weighted by Crippen LogP contribution is 2.26. The minimum Gasteiger partial charge on any atom is -0.388 e. The third-order valence-corrected chi connectivity index (χ3v) is 2.34. The van der Waals surface area contributed by atoms with Crippen molar-refractivity contribution in [3.05, 3.63) is 24.3 Å². The molecule has 1 nitrogen and oxygen atoms in total. The van der Waals surface area contributed by atoms with Crippen molar-refractivity contribution in [2.24, 2.45) is 11.8 Å². The van der Waals surface area contributed by atoms with E-state index in [2.05, 4.69) is 26.5 Å². The Morgan fingerprint density at radius 2 is 2.27 bits per heavy atom. The number of aliphatic hydroxyl groups excluding tert-OH is 1. The van der Waals surface area contributed by atoms with E-state index in [1.807, 2.05) is 6.08 Å². The van der Waals surface area contributed by atoms with Crippen LogP contribution in [-0.2, 0) is 0 Å². The highest BCUT2D eigenvalue weighted by molar-refractivity contribution is 5.23. The molecule has 1 heteroatoms. The van der Waals surface area contributed by atoms with Crippen LogP contribution < -0.4 is 0 Å². The molecule has 0 spiro atoms. The van der Waals surface area contributed by atoms with Gasteiger partial charge in [-0.2, -0.15) is 0 Å². The molecule has 0 aliphatic heterocycles. The first kappa shape index (κ1) is 8.54. The van der Waals surface area contributed by atoms with E-state index >= 15 is 0 Å². The zero-order valence-electron chi connectivity index (χ0n) is 7.25. The Balaban J connectivity index is 2.63. The first-order valence-electron chi connectivity index (χ1n) is 4.16. The van der Waals surface area contributed by atoms with Crippen LogP contribution in [-0.4, -0.2) is 11.2 Å². The first-order chi connectivity index (χ1) is 5.11. The number of hydrogen-bond donors (Lipinski definition) is 1. The SMILES string of the molecule is C=C1C=C[C@@H](C(C)C)C[C@H]1O. The van der Waals surface area contributed by atoms with Crippen LogP contribution in [0, 0.1) is 11.8 Å². The molecule has 0 unspecified atom stereocenters. The van der Waals surface area contributed by atoms with Crippen LogP contribution in [0.25, 0.3) is 0 Å². The highest BCUT2D eigenvalue weighted by atomic mass is 16.3. The molecule has 0 aromatic rings. The molecular weight excluding hydrogens is 136 g/mol. The normalized spacial score (nSPS) is 31.5. The molecule has 0 fully saturated rings. The van der Waals surface area contributed by atoms with Crippen molar-refractivity contribution in [3.63, 3.8) is 0 Å². The molecule has 1 aliphatic carbocycles. The minimum atomic E-state index is -0.313. The fourth-order valence-corrected chi connectivity index (χ4v) is 1.34. The number of allylic oxidation sites excluding steroid dienone is 1. The maximum atomic E-state index is 9.45. The Bertz CT molecular complexity index is 179. The van der Waals surface area contributed by atoms with E-state index in [1.54, 1.807) is 0 Å². The number of aliphatic hydroxyl groups is 1. The minimum absolute atomic E-state index is 0.313. The van der Waals surface area contributed by atoms with Crippen molar-refractivity contribution in [2.45, 2.75) is 26.4 Å². The Hall–Kier alpha value is -0.560. The van der Waals surface area contributed by atoms with Crippen LogP contribution in [0.15, 0.2) is 24.3 Å². The molecule has 62 valence electrons. The molecule has 0 saturated carbocycles. The van der Waals surface area contributed by atoms with Crippen LogP contribution in [0.2, 0.25) is 0 Å². The molecule has 0 radical (unpaired) electrons. The van der Waals surface area contributed by atoms with Gasteiger partial charge in [0.1, 0.15) is 0 Å². The third-order valence-electron chi connectivity index (χ3n) is 2.34. The van der Waals surface area contributed by atoms with Crippen molar-refractivity contribution in [1.29, 1.82) is 0 Å². The van der Waals surface area contributed by atoms with Gasteiger partial charge in [0.2, 0.25) is 0 Å². The Kier molecular flexibility index (Phi) is 2.50. The van der Waals surface area contributed by atoms with Gasteiger partial charge in [0.05, 0.1) is 6.10 Å². The van der Waals surface area contributed by atoms with Crippen molar-refractivity contribution in [2.75, 3.05) is 0 Å². The Morgan fingerprint density at radius 1 is 1.64 bits per heavy atom. The summed E-state index contributed by atoms with van der Waals surface area (Å²) in [4.78, 5) is 0. The van der Waals surface area contributed by atoms with Crippen molar-refractivity contribution < 1.29 is 5.11 Å². The zero-order valence-corrected chi connectivity index (χ0v) is 7.25. The van der Waals surface area contributed by atoms with Gasteiger partial charge in [-0.3, -0.25) is 0 Å². The molecule has 0 heterocycles. The highest BCUT2D eigenvalue weighted by Gasteiger charge is 2.20. The lowest BCUT2D eigenvalue weighted by Gasteiger charge is -2.25. The van der Waals surface area contributed by atoms with E-state index < -0.39 is 0 Å². The Labute approximate surface area is 68.4 Å². The van der Waals surface area contributed by atoms with Gasteiger partial charge in [-0.25, -0.2) is 0 Å². The summed E-state index contributed by atoms with van der Waals surface area (Å²) >= 11 is 0. The van der Waals surface area contributed by atoms with Crippen molar-refractivity contribution in [3.8, 4) is 0 Å². The number of rotatable bonds is 1. The summed E-state index contributed by atoms with van der Waals surface area (Å²) in [5.74, 6) is 1.14. The fraction of sp³-hybridized carbons (Fsp3) is 0.600. The molecule has 11 heavy (non-hydrogen) atoms. The molecule has 0 aromatic carbocycles. The predicted molar refractivity (Wildman–Crippen MR) is 47.2 cm³/mol. The summed E-state index contributed by atoms with van der Waals surface area (Å²) in [6.07, 6.45) is 4.62. The van der Waals surface area contributed by atoms with Crippen molar-refractivity contribution >= 4 is 0 Å². The van der Waals surface area contributed by atoms with Crippen LogP contribution >= 0.6 is 0 Å². The standard InChI is InChI=1S/C10H16O/c1-7(2)9-5-4-8(3)10(11)6-9/h4-5,7,9-11H,3,6H2,1-2H3/t9-,10-/m1/s1. The van der Waals surface area contributed by atoms with Crippen LogP contribution in [0.1, 0.15) is 20.3 Å². The Morgan fingerprint density at radius 3 is 2.73 bits per heavy atom. The van der Waals surface area contributed by atoms with Gasteiger partial charge < -0.3 is 5.11 Å². The average Bonchev–Trinajstić information content (AvgIpc) is 1.94. The largest absolute Gasteiger partial charge is 0.388 e. The second-order valence-electron chi connectivity index (χ2n) is 3.59. The lowest BCUT2D eigenvalue weighted by atomic mass is 9.84. The van der Waals surface area contributed by atoms with Gasteiger partial charge in [0.15, 0.2) is 0 Å². The second-order valence-corrected chi connectivity index (χ2v) is 3.59. The van der Waals surface area contributed by atoms with E-state index in [4.69, 9.17) is 0 Å². The smallest absolute Gasteiger partial charge is 0.0790 e. The van der Waals surface area contributed by atoms with Crippen molar-refractivity contribution in [1.82, 2.24) is 0 Å². The molecule has 1 aliphatic rings. The van der Waals surface area contributed by atoms with E-state index in [0.717, 1.165) is 12.0 Å². The second kappa shape index (κ2) is 3.22. The summed E-state index contributed by atoms with van der Waals surface area (Å²) in [5, 5.41) is 9.45. The van der Waals surface area contributed by atoms with Gasteiger partial charge in [-0.05, 0) is 23.8 Å². The maximum absolute atomic E-state index is 9.45. The molecule has 0 saturated heterocycles. The van der Waals surface area contributed by atoms with Gasteiger partial charge in [-0.1, -0.05) is 32.6 Å². The molecule has 1 N–H and O–H groups in total. The summed E-state index contributed by atoms with van der Waals surface area (Å²) < 4.78 is 0. The van der Waals surface area contributed by atoms with Crippen LogP contribution in [0.3, 0.4) is 0 Å². The molecule has 0 aromatic heterocycles. The average molecular weight is 152 g/mol. The maximum Gasteiger partial charge on any atom is 0.0790 e. The molecular formula is C10H16O. The lowest BCUT2D eigenvalue weighted by Crippen LogP contribution is -2.20. The quantitative estimate of drug-likeness (QED) is 0.610. The molecule has 0 bridgehead atoms. The topological polar surface area (TPSA) is 20.2 Å². The fourth-order valence-electron chi connectivity index (χ4n) is 1.34. The predicted octanol–water partition coefficient (Wildman–Crippen LogP) is 2.14. The lowest BCUT2D eigenvalue weighted by molar-refractivity contribution is 0.172. The van der Waals surface area contributed by atoms with Crippen LogP contribution in [0.5, 0.6) is 0 Å². The van der Waals surface area contributed by atoms with E-state index in [9.17, 15) is 5.11 Å². The summed E-state index contributed by atoms with van der Waals surface area (Å²) in [6.45, 7) is 8.10. The summed E-state index contributed by atoms with van der Waals surface area (Å²) in [5.41, 5.74) is 0.849. The van der Waals surface area contributed by atoms with E-state index in [1.165, 1.54) is 0 Å². The van der Waals surface area contributed by atoms with E-state index in [0.29, 0.717) is 11.8 Å². The van der Waals surface area contributed by atoms with Crippen LogP contribution in [0.4, 0.5) is 0 Å². The molecule has 2 atom stereocenters. The monoisotopic (exact) mass is 152 g/mol. The van der Waals surface area contributed by atoms with Gasteiger partial charge >= 0.3 is 0 Å². The third kappa shape index (κ3) is 1.93.